The van der Waals surface area contributed by atoms with Crippen LogP contribution in [0.1, 0.15) is 23.3 Å². The quantitative estimate of drug-likeness (QED) is 0.275. The van der Waals surface area contributed by atoms with Crippen molar-refractivity contribution in [3.8, 4) is 5.75 Å². The number of aliphatic hydroxyl groups is 3. The number of ether oxygens (including phenoxy) is 3. The predicted octanol–water partition coefficient (Wildman–Crippen LogP) is -3.84. The van der Waals surface area contributed by atoms with Gasteiger partial charge in [0.2, 0.25) is 0 Å². The maximum Gasteiger partial charge on any atom is 1.00 e. The van der Waals surface area contributed by atoms with E-state index >= 15 is 0 Å². The van der Waals surface area contributed by atoms with Crippen LogP contribution in [0.2, 0.25) is 0 Å². The van der Waals surface area contributed by atoms with E-state index < -0.39 is 75.7 Å². The number of carbonyl (C=O) groups is 1. The molecule has 6 atom stereocenters. The number of benzene rings is 2. The molecule has 10 heteroatoms. The van der Waals surface area contributed by atoms with Crippen molar-refractivity contribution >= 4 is 16.7 Å². The minimum Gasteiger partial charge on any atom is -0.547 e. The van der Waals surface area contributed by atoms with Gasteiger partial charge in [-0.2, -0.15) is 0 Å². The Kier molecular flexibility index (Phi) is 6.94. The molecule has 2 aromatic carbocycles. The van der Waals surface area contributed by atoms with E-state index in [0.717, 1.165) is 5.39 Å². The van der Waals surface area contributed by atoms with Crippen LogP contribution in [-0.4, -0.2) is 77.3 Å². The summed E-state index contributed by atoms with van der Waals surface area (Å²) in [5, 5.41) is 45.3. The largest absolute Gasteiger partial charge is 1.00 e. The third kappa shape index (κ3) is 6.63. The molecule has 1 heterocycles. The monoisotopic (exact) mass is 464 g/mol. The third-order valence-electron chi connectivity index (χ3n) is 4.81. The van der Waals surface area contributed by atoms with Crippen LogP contribution in [0, 0.1) is 0 Å². The number of hydrogen-bond donors (Lipinski definition) is 4. The summed E-state index contributed by atoms with van der Waals surface area (Å²) in [4.78, 5) is 11.3. The van der Waals surface area contributed by atoms with Gasteiger partial charge in [-0.25, -0.2) is 0 Å². The van der Waals surface area contributed by atoms with Gasteiger partial charge < -0.3 is 44.7 Å². The predicted molar refractivity (Wildman–Crippen MR) is 109 cm³/mol. The zero-order valence-corrected chi connectivity index (χ0v) is 19.3. The van der Waals surface area contributed by atoms with Crippen LogP contribution in [-0.2, 0) is 14.3 Å². The second kappa shape index (κ2) is 12.3. The van der Waals surface area contributed by atoms with Crippen LogP contribution in [0.5, 0.6) is 5.75 Å². The van der Waals surface area contributed by atoms with Gasteiger partial charge in [0, 0.05) is 27.5 Å². The molecule has 1 fully saturated rings. The SMILES string of the molecule is [2H]C([2H])([2H])C([2H])(NCC(COc1cccc2ccccc12)O[C@@H]1OC(C(=O)[O-])[C@@H](O)[C@H](O)[C@@H]1O)C([2H])([2H])[2H].[Na+]. The van der Waals surface area contributed by atoms with Gasteiger partial charge >= 0.3 is 29.6 Å². The maximum atomic E-state index is 11.3. The first-order valence-corrected chi connectivity index (χ1v) is 9.48. The first kappa shape index (κ1) is 18.1. The number of aliphatic carboxylic acids is 1. The molecule has 0 aromatic heterocycles. The number of hydrogen-bond acceptors (Lipinski definition) is 9. The van der Waals surface area contributed by atoms with Crippen molar-refractivity contribution in [2.75, 3.05) is 13.2 Å². The average Bonchev–Trinajstić information content (AvgIpc) is 2.83. The van der Waals surface area contributed by atoms with Crippen molar-refractivity contribution in [1.29, 1.82) is 0 Å². The molecule has 3 rings (SSSR count). The smallest absolute Gasteiger partial charge is 0.547 e. The summed E-state index contributed by atoms with van der Waals surface area (Å²) in [7, 11) is 0. The summed E-state index contributed by atoms with van der Waals surface area (Å²) in [6.07, 6.45) is -11.3. The van der Waals surface area contributed by atoms with Crippen molar-refractivity contribution in [2.45, 2.75) is 56.5 Å². The number of nitrogens with one attached hydrogen (secondary N) is 1. The van der Waals surface area contributed by atoms with Crippen molar-refractivity contribution in [3.63, 3.8) is 0 Å². The van der Waals surface area contributed by atoms with E-state index in [9.17, 15) is 25.2 Å². The summed E-state index contributed by atoms with van der Waals surface area (Å²) in [5.41, 5.74) is 0. The molecule has 32 heavy (non-hydrogen) atoms. The van der Waals surface area contributed by atoms with E-state index in [1.54, 1.807) is 24.3 Å². The van der Waals surface area contributed by atoms with E-state index in [1.165, 1.54) is 0 Å². The van der Waals surface area contributed by atoms with Crippen LogP contribution in [0.4, 0.5) is 0 Å². The Morgan fingerprint density at radius 3 is 2.62 bits per heavy atom. The van der Waals surface area contributed by atoms with Crippen LogP contribution < -0.4 is 44.7 Å². The number of aliphatic hydroxyl groups excluding tert-OH is 3. The molecule has 2 unspecified atom stereocenters. The van der Waals surface area contributed by atoms with Gasteiger partial charge in [-0.1, -0.05) is 50.1 Å². The van der Waals surface area contributed by atoms with Crippen molar-refractivity contribution in [3.05, 3.63) is 42.5 Å². The van der Waals surface area contributed by atoms with E-state index in [4.69, 9.17) is 23.8 Å². The summed E-state index contributed by atoms with van der Waals surface area (Å²) in [6, 6.07) is 9.23. The van der Waals surface area contributed by atoms with Gasteiger partial charge in [0.1, 0.15) is 42.9 Å². The van der Waals surface area contributed by atoms with Gasteiger partial charge in [-0.15, -0.1) is 0 Å². The molecular weight excluding hydrogens is 429 g/mol. The zero-order chi connectivity index (χ0) is 28.5. The minimum atomic E-state index is -3.31. The van der Waals surface area contributed by atoms with Crippen LogP contribution in [0.3, 0.4) is 0 Å². The van der Waals surface area contributed by atoms with Gasteiger partial charge in [-0.3, -0.25) is 0 Å². The summed E-state index contributed by atoms with van der Waals surface area (Å²) in [5.74, 6) is -1.53. The Morgan fingerprint density at radius 1 is 1.19 bits per heavy atom. The molecule has 0 spiro atoms. The van der Waals surface area contributed by atoms with Gasteiger partial charge in [0.15, 0.2) is 6.29 Å². The first-order chi connectivity index (χ1) is 17.6. The van der Waals surface area contributed by atoms with Gasteiger partial charge in [0.25, 0.3) is 0 Å². The number of carboxylic acids is 1. The second-order valence-corrected chi connectivity index (χ2v) is 7.02. The molecular formula is C22H28NNaO8. The molecule has 0 amide bonds. The molecule has 170 valence electrons. The van der Waals surface area contributed by atoms with Crippen LogP contribution >= 0.6 is 0 Å². The number of rotatable bonds is 9. The molecule has 2 aromatic rings. The second-order valence-electron chi connectivity index (χ2n) is 7.02. The molecule has 4 N–H and O–H groups in total. The molecule has 1 saturated heterocycles. The minimum absolute atomic E-state index is 0. The molecule has 9 nitrogen and oxygen atoms in total. The Balaban J connectivity index is 0.00000533. The van der Waals surface area contributed by atoms with Crippen molar-refractivity contribution in [1.82, 2.24) is 5.32 Å². The number of fused-ring (bicyclic) bond motifs is 1. The molecule has 0 bridgehead atoms. The molecule has 0 radical (unpaired) electrons. The molecule has 0 saturated carbocycles. The average molecular weight is 464 g/mol. The standard InChI is InChI=1S/C22H29NO8.Na/c1-12(2)23-10-14(11-29-16-9-5-7-13-6-3-4-8-15(13)16)30-22-19(26)17(24)18(25)20(31-22)21(27)28;/h3-9,12,14,17-20,22-26H,10-11H2,1-2H3,(H,27,28);/q;+1/p-1/t14?,17-,18-,19-,20?,22+;/m0./s1/i1D3,2D3,12D;. The fourth-order valence-corrected chi connectivity index (χ4v) is 3.21. The Hall–Kier alpha value is -1.27. The maximum absolute atomic E-state index is 11.3. The fraction of sp³-hybridized carbons (Fsp3) is 0.500. The van der Waals surface area contributed by atoms with Crippen LogP contribution in [0.15, 0.2) is 42.5 Å². The molecule has 1 aliphatic heterocycles. The van der Waals surface area contributed by atoms with Crippen molar-refractivity contribution < 1.29 is 78.6 Å². The number of carboxylic acid groups (broad SMARTS) is 1. The number of carbonyl (C=O) groups excluding carboxylic acids is 1. The Bertz CT molecular complexity index is 1100. The summed E-state index contributed by atoms with van der Waals surface area (Å²) in [6.45, 7) is -7.67. The normalized spacial score (nSPS) is 30.8. The van der Waals surface area contributed by atoms with E-state index in [0.29, 0.717) is 11.1 Å². The van der Waals surface area contributed by atoms with E-state index in [2.05, 4.69) is 5.32 Å². The van der Waals surface area contributed by atoms with Crippen molar-refractivity contribution in [2.24, 2.45) is 0 Å². The fourth-order valence-electron chi connectivity index (χ4n) is 3.21. The first-order valence-electron chi connectivity index (χ1n) is 13.0. The summed E-state index contributed by atoms with van der Waals surface area (Å²) < 4.78 is 70.1. The third-order valence-corrected chi connectivity index (χ3v) is 4.81. The van der Waals surface area contributed by atoms with Crippen LogP contribution in [0.25, 0.3) is 10.8 Å². The molecule has 0 aliphatic carbocycles. The van der Waals surface area contributed by atoms with E-state index in [-0.39, 0.29) is 29.6 Å². The van der Waals surface area contributed by atoms with Gasteiger partial charge in [-0.05, 0) is 11.5 Å². The molecule has 1 aliphatic rings. The zero-order valence-electron chi connectivity index (χ0n) is 24.3. The Morgan fingerprint density at radius 2 is 1.91 bits per heavy atom. The summed E-state index contributed by atoms with van der Waals surface area (Å²) >= 11 is 0. The van der Waals surface area contributed by atoms with E-state index in [1.807, 2.05) is 18.2 Å². The Labute approximate surface area is 218 Å². The topological polar surface area (TPSA) is 141 Å². The van der Waals surface area contributed by atoms with Gasteiger partial charge in [0.05, 0.1) is 5.97 Å².